The van der Waals surface area contributed by atoms with E-state index in [1.165, 1.54) is 0 Å². The molecule has 1 unspecified atom stereocenters. The van der Waals surface area contributed by atoms with Gasteiger partial charge in [-0.2, -0.15) is 0 Å². The smallest absolute Gasteiger partial charge is 0.0545 e. The Hall–Kier alpha value is -0.0800. The van der Waals surface area contributed by atoms with Gasteiger partial charge >= 0.3 is 0 Å². The zero-order chi connectivity index (χ0) is 9.95. The summed E-state index contributed by atoms with van der Waals surface area (Å²) in [7, 11) is 0. The predicted octanol–water partition coefficient (Wildman–Crippen LogP) is 2.21. The molecule has 1 heterocycles. The molecule has 0 aromatic carbocycles. The molecule has 1 atom stereocenters. The molecule has 1 fully saturated rings. The SMILES string of the molecule is CC(C)(C)CCC1(CO)CCOC1. The molecule has 0 amide bonds. The number of hydrogen-bond acceptors (Lipinski definition) is 2. The van der Waals surface area contributed by atoms with Crippen LogP contribution in [0, 0.1) is 10.8 Å². The molecule has 1 N–H and O–H groups in total. The van der Waals surface area contributed by atoms with Gasteiger partial charge < -0.3 is 9.84 Å². The lowest BCUT2D eigenvalue weighted by Gasteiger charge is -2.28. The van der Waals surface area contributed by atoms with Gasteiger partial charge in [-0.25, -0.2) is 0 Å². The number of hydrogen-bond donors (Lipinski definition) is 1. The standard InChI is InChI=1S/C11H22O2/c1-10(2,3)4-5-11(8-12)6-7-13-9-11/h12H,4-9H2,1-3H3. The van der Waals surface area contributed by atoms with Crippen LogP contribution in [0.3, 0.4) is 0 Å². The summed E-state index contributed by atoms with van der Waals surface area (Å²) in [5, 5.41) is 9.33. The molecule has 2 nitrogen and oxygen atoms in total. The molecule has 1 saturated heterocycles. The molecule has 0 aromatic heterocycles. The number of rotatable bonds is 3. The fraction of sp³-hybridized carbons (Fsp3) is 1.00. The highest BCUT2D eigenvalue weighted by atomic mass is 16.5. The van der Waals surface area contributed by atoms with Crippen LogP contribution >= 0.6 is 0 Å². The van der Waals surface area contributed by atoms with Crippen molar-refractivity contribution in [3.8, 4) is 0 Å². The van der Waals surface area contributed by atoms with E-state index in [1.54, 1.807) is 0 Å². The number of aliphatic hydroxyl groups is 1. The molecule has 1 aliphatic rings. The van der Waals surface area contributed by atoms with Crippen molar-refractivity contribution >= 4 is 0 Å². The van der Waals surface area contributed by atoms with Gasteiger partial charge in [0.15, 0.2) is 0 Å². The summed E-state index contributed by atoms with van der Waals surface area (Å²) >= 11 is 0. The highest BCUT2D eigenvalue weighted by molar-refractivity contribution is 4.84. The molecular formula is C11H22O2. The van der Waals surface area contributed by atoms with Gasteiger partial charge in [0.2, 0.25) is 0 Å². The molecule has 0 saturated carbocycles. The van der Waals surface area contributed by atoms with Crippen LogP contribution in [-0.4, -0.2) is 24.9 Å². The van der Waals surface area contributed by atoms with Crippen LogP contribution in [0.5, 0.6) is 0 Å². The van der Waals surface area contributed by atoms with Crippen LogP contribution in [0.15, 0.2) is 0 Å². The quantitative estimate of drug-likeness (QED) is 0.732. The Labute approximate surface area is 81.3 Å². The second-order valence-corrected chi connectivity index (χ2v) is 5.52. The van der Waals surface area contributed by atoms with Crippen molar-refractivity contribution in [2.24, 2.45) is 10.8 Å². The summed E-state index contributed by atoms with van der Waals surface area (Å²) in [6.45, 7) is 8.59. The maximum atomic E-state index is 9.33. The molecule has 0 spiro atoms. The van der Waals surface area contributed by atoms with Crippen molar-refractivity contribution in [2.45, 2.75) is 40.0 Å². The van der Waals surface area contributed by atoms with Crippen molar-refractivity contribution < 1.29 is 9.84 Å². The third-order valence-electron chi connectivity index (χ3n) is 2.93. The van der Waals surface area contributed by atoms with Gasteiger partial charge in [0.1, 0.15) is 0 Å². The lowest BCUT2D eigenvalue weighted by molar-refractivity contribution is 0.0765. The Morgan fingerprint density at radius 3 is 2.46 bits per heavy atom. The highest BCUT2D eigenvalue weighted by Crippen LogP contribution is 2.36. The van der Waals surface area contributed by atoms with Crippen LogP contribution in [-0.2, 0) is 4.74 Å². The normalized spacial score (nSPS) is 29.5. The van der Waals surface area contributed by atoms with Gasteiger partial charge in [0.05, 0.1) is 13.2 Å². The first kappa shape index (κ1) is 11.0. The van der Waals surface area contributed by atoms with Crippen LogP contribution < -0.4 is 0 Å². The predicted molar refractivity (Wildman–Crippen MR) is 53.6 cm³/mol. The van der Waals surface area contributed by atoms with Crippen molar-refractivity contribution in [3.63, 3.8) is 0 Å². The zero-order valence-electron chi connectivity index (χ0n) is 9.10. The van der Waals surface area contributed by atoms with Gasteiger partial charge in [-0.15, -0.1) is 0 Å². The van der Waals surface area contributed by atoms with E-state index < -0.39 is 0 Å². The second-order valence-electron chi connectivity index (χ2n) is 5.52. The van der Waals surface area contributed by atoms with Crippen LogP contribution in [0.2, 0.25) is 0 Å². The van der Waals surface area contributed by atoms with E-state index >= 15 is 0 Å². The van der Waals surface area contributed by atoms with Crippen molar-refractivity contribution in [1.29, 1.82) is 0 Å². The minimum absolute atomic E-state index is 0.0767. The van der Waals surface area contributed by atoms with E-state index in [0.29, 0.717) is 5.41 Å². The number of ether oxygens (including phenoxy) is 1. The second kappa shape index (κ2) is 3.97. The third-order valence-corrected chi connectivity index (χ3v) is 2.93. The van der Waals surface area contributed by atoms with Crippen LogP contribution in [0.1, 0.15) is 40.0 Å². The number of aliphatic hydroxyl groups excluding tert-OH is 1. The van der Waals surface area contributed by atoms with Gasteiger partial charge in [-0.05, 0) is 24.7 Å². The Kier molecular flexibility index (Phi) is 3.36. The summed E-state index contributed by atoms with van der Waals surface area (Å²) in [4.78, 5) is 0. The van der Waals surface area contributed by atoms with Crippen LogP contribution in [0.25, 0.3) is 0 Å². The average molecular weight is 186 g/mol. The lowest BCUT2D eigenvalue weighted by atomic mass is 9.77. The van der Waals surface area contributed by atoms with Gasteiger partial charge in [-0.3, -0.25) is 0 Å². The summed E-state index contributed by atoms with van der Waals surface area (Å²) in [6.07, 6.45) is 3.28. The molecule has 13 heavy (non-hydrogen) atoms. The minimum atomic E-state index is 0.0767. The summed E-state index contributed by atoms with van der Waals surface area (Å²) < 4.78 is 5.36. The molecule has 1 rings (SSSR count). The van der Waals surface area contributed by atoms with E-state index in [2.05, 4.69) is 20.8 Å². The topological polar surface area (TPSA) is 29.5 Å². The molecule has 0 aliphatic carbocycles. The maximum absolute atomic E-state index is 9.33. The molecule has 0 aromatic rings. The van der Waals surface area contributed by atoms with E-state index in [-0.39, 0.29) is 12.0 Å². The highest BCUT2D eigenvalue weighted by Gasteiger charge is 2.34. The van der Waals surface area contributed by atoms with Crippen molar-refractivity contribution in [3.05, 3.63) is 0 Å². The van der Waals surface area contributed by atoms with Crippen LogP contribution in [0.4, 0.5) is 0 Å². The van der Waals surface area contributed by atoms with Crippen molar-refractivity contribution in [1.82, 2.24) is 0 Å². The average Bonchev–Trinajstić information content (AvgIpc) is 2.49. The Morgan fingerprint density at radius 1 is 1.38 bits per heavy atom. The Bertz CT molecular complexity index is 152. The molecule has 1 aliphatic heterocycles. The minimum Gasteiger partial charge on any atom is -0.396 e. The summed E-state index contributed by atoms with van der Waals surface area (Å²) in [5.41, 5.74) is 0.442. The van der Waals surface area contributed by atoms with E-state index in [1.807, 2.05) is 0 Å². The first-order valence-corrected chi connectivity index (χ1v) is 5.16. The first-order chi connectivity index (χ1) is 5.97. The molecular weight excluding hydrogens is 164 g/mol. The molecule has 0 bridgehead atoms. The third kappa shape index (κ3) is 3.28. The monoisotopic (exact) mass is 186 g/mol. The van der Waals surface area contributed by atoms with E-state index in [9.17, 15) is 5.11 Å². The van der Waals surface area contributed by atoms with Gasteiger partial charge in [-0.1, -0.05) is 20.8 Å². The molecule has 2 heteroatoms. The molecule has 0 radical (unpaired) electrons. The first-order valence-electron chi connectivity index (χ1n) is 5.16. The fourth-order valence-electron chi connectivity index (χ4n) is 1.69. The summed E-state index contributed by atoms with van der Waals surface area (Å²) in [6, 6.07) is 0. The van der Waals surface area contributed by atoms with Crippen molar-refractivity contribution in [2.75, 3.05) is 19.8 Å². The van der Waals surface area contributed by atoms with Gasteiger partial charge in [0.25, 0.3) is 0 Å². The maximum Gasteiger partial charge on any atom is 0.0545 e. The Balaban J connectivity index is 2.40. The fourth-order valence-corrected chi connectivity index (χ4v) is 1.69. The van der Waals surface area contributed by atoms with E-state index in [0.717, 1.165) is 32.5 Å². The largest absolute Gasteiger partial charge is 0.396 e. The Morgan fingerprint density at radius 2 is 2.08 bits per heavy atom. The van der Waals surface area contributed by atoms with Gasteiger partial charge in [0, 0.05) is 12.0 Å². The zero-order valence-corrected chi connectivity index (χ0v) is 9.10. The summed E-state index contributed by atoms with van der Waals surface area (Å²) in [5.74, 6) is 0. The van der Waals surface area contributed by atoms with E-state index in [4.69, 9.17) is 4.74 Å². The lowest BCUT2D eigenvalue weighted by Crippen LogP contribution is -2.27. The molecule has 78 valence electrons.